The molecule has 1 atom stereocenters. The highest BCUT2D eigenvalue weighted by molar-refractivity contribution is 7.16. The summed E-state index contributed by atoms with van der Waals surface area (Å²) in [4.78, 5) is 37.2. The number of fused-ring (bicyclic) bond motifs is 1. The van der Waals surface area contributed by atoms with Gasteiger partial charge in [0.15, 0.2) is 6.10 Å². The molecule has 3 rings (SSSR count). The van der Waals surface area contributed by atoms with E-state index in [0.717, 1.165) is 53.9 Å². The maximum absolute atomic E-state index is 12.5. The monoisotopic (exact) mass is 419 g/mol. The van der Waals surface area contributed by atoms with E-state index in [1.54, 1.807) is 12.3 Å². The number of esters is 1. The number of nitrogens with one attached hydrogen (secondary N) is 1. The number of carbonyl (C=O) groups excluding carboxylic acids is 2. The van der Waals surface area contributed by atoms with Crippen molar-refractivity contribution in [1.82, 2.24) is 4.57 Å². The highest BCUT2D eigenvalue weighted by Crippen LogP contribution is 2.37. The molecule has 0 spiro atoms. The first-order chi connectivity index (χ1) is 13.4. The minimum Gasteiger partial charge on any atom is -0.451 e. The van der Waals surface area contributed by atoms with Crippen LogP contribution in [0, 0.1) is 18.3 Å². The van der Waals surface area contributed by atoms with E-state index in [0.29, 0.717) is 16.3 Å². The summed E-state index contributed by atoms with van der Waals surface area (Å²) in [5.41, 5.74) is 2.23. The van der Waals surface area contributed by atoms with Crippen molar-refractivity contribution in [3.63, 3.8) is 0 Å². The molecule has 0 aliphatic heterocycles. The Labute approximate surface area is 170 Å². The quantitative estimate of drug-likeness (QED) is 0.593. The molecule has 0 radical (unpaired) electrons. The molecule has 0 saturated carbocycles. The molecule has 148 valence electrons. The van der Waals surface area contributed by atoms with Crippen molar-refractivity contribution >= 4 is 39.6 Å². The molecule has 0 saturated heterocycles. The minimum atomic E-state index is -1.03. The summed E-state index contributed by atoms with van der Waals surface area (Å²) in [5.74, 6) is -1.15. The number of aromatic nitrogens is 1. The third-order valence-electron chi connectivity index (χ3n) is 4.71. The second-order valence-corrected chi connectivity index (χ2v) is 8.66. The van der Waals surface area contributed by atoms with Crippen LogP contribution in [0.2, 0.25) is 0 Å². The first kappa shape index (κ1) is 20.3. The largest absolute Gasteiger partial charge is 0.451 e. The van der Waals surface area contributed by atoms with Crippen molar-refractivity contribution in [3.8, 4) is 6.07 Å². The molecule has 2 heterocycles. The zero-order valence-corrected chi connectivity index (χ0v) is 17.4. The lowest BCUT2D eigenvalue weighted by Gasteiger charge is -2.13. The lowest BCUT2D eigenvalue weighted by atomic mass is 10.1. The van der Waals surface area contributed by atoms with Crippen molar-refractivity contribution < 1.29 is 14.3 Å². The van der Waals surface area contributed by atoms with Crippen molar-refractivity contribution in [3.05, 3.63) is 36.7 Å². The molecule has 1 aliphatic carbocycles. The predicted molar refractivity (Wildman–Crippen MR) is 108 cm³/mol. The summed E-state index contributed by atoms with van der Waals surface area (Å²) in [7, 11) is 0. The second-order valence-electron chi connectivity index (χ2n) is 6.73. The molecule has 1 aliphatic rings. The number of nitrogens with zero attached hydrogens (tertiary/aromatic N) is 2. The molecule has 1 amide bonds. The van der Waals surface area contributed by atoms with Crippen LogP contribution < -0.4 is 10.2 Å². The maximum atomic E-state index is 12.5. The van der Waals surface area contributed by atoms with Crippen molar-refractivity contribution in [1.29, 1.82) is 5.26 Å². The lowest BCUT2D eigenvalue weighted by molar-refractivity contribution is -0.153. The minimum absolute atomic E-state index is 0.234. The second kappa shape index (κ2) is 8.71. The Morgan fingerprint density at radius 2 is 2.11 bits per heavy atom. The summed E-state index contributed by atoms with van der Waals surface area (Å²) in [5, 5.41) is 14.5. The van der Waals surface area contributed by atoms with E-state index in [-0.39, 0.29) is 11.4 Å². The first-order valence-corrected chi connectivity index (χ1v) is 10.8. The van der Waals surface area contributed by atoms with E-state index in [1.165, 1.54) is 22.8 Å². The molecular weight excluding hydrogens is 398 g/mol. The fourth-order valence-electron chi connectivity index (χ4n) is 3.18. The van der Waals surface area contributed by atoms with E-state index in [1.807, 2.05) is 0 Å². The first-order valence-electron chi connectivity index (χ1n) is 9.10. The Balaban J connectivity index is 1.65. The van der Waals surface area contributed by atoms with Gasteiger partial charge < -0.3 is 10.1 Å². The number of nitriles is 1. The van der Waals surface area contributed by atoms with E-state index in [2.05, 4.69) is 11.4 Å². The summed E-state index contributed by atoms with van der Waals surface area (Å²) in [6.07, 6.45) is 4.01. The van der Waals surface area contributed by atoms with Crippen molar-refractivity contribution in [2.75, 3.05) is 5.32 Å². The molecule has 1 N–H and O–H groups in total. The summed E-state index contributed by atoms with van der Waals surface area (Å²) < 4.78 is 6.49. The topological polar surface area (TPSA) is 101 Å². The van der Waals surface area contributed by atoms with Crippen LogP contribution in [0.4, 0.5) is 5.00 Å². The van der Waals surface area contributed by atoms with Gasteiger partial charge >= 0.3 is 10.8 Å². The third kappa shape index (κ3) is 4.34. The average Bonchev–Trinajstić information content (AvgIpc) is 3.04. The lowest BCUT2D eigenvalue weighted by Crippen LogP contribution is -2.32. The third-order valence-corrected chi connectivity index (χ3v) is 6.80. The van der Waals surface area contributed by atoms with Gasteiger partial charge in [-0.1, -0.05) is 17.8 Å². The zero-order chi connectivity index (χ0) is 20.3. The van der Waals surface area contributed by atoms with E-state index in [9.17, 15) is 19.6 Å². The zero-order valence-electron chi connectivity index (χ0n) is 15.7. The van der Waals surface area contributed by atoms with Gasteiger partial charge in [0.05, 0.1) is 5.56 Å². The Morgan fingerprint density at radius 1 is 1.36 bits per heavy atom. The van der Waals surface area contributed by atoms with Crippen LogP contribution in [0.25, 0.3) is 0 Å². The average molecular weight is 420 g/mol. The highest BCUT2D eigenvalue weighted by Gasteiger charge is 2.24. The van der Waals surface area contributed by atoms with E-state index in [4.69, 9.17) is 4.74 Å². The standard InChI is InChI=1S/C19H21N3O4S2/c1-11-10-27-19(25)22(11)9-16(23)26-12(2)17(24)21-18-14(8-20)13-6-4-3-5-7-15(13)28-18/h10,12H,3-7,9H2,1-2H3,(H,21,24)/t12-/m0/s1. The van der Waals surface area contributed by atoms with Gasteiger partial charge in [0.25, 0.3) is 5.91 Å². The summed E-state index contributed by atoms with van der Waals surface area (Å²) >= 11 is 2.44. The van der Waals surface area contributed by atoms with Gasteiger partial charge in [0, 0.05) is 16.0 Å². The van der Waals surface area contributed by atoms with Crippen LogP contribution in [-0.2, 0) is 33.7 Å². The van der Waals surface area contributed by atoms with Gasteiger partial charge in [0.2, 0.25) is 0 Å². The molecule has 0 fully saturated rings. The van der Waals surface area contributed by atoms with Crippen LogP contribution >= 0.6 is 22.7 Å². The number of anilines is 1. The van der Waals surface area contributed by atoms with Crippen LogP contribution in [-0.4, -0.2) is 22.5 Å². The van der Waals surface area contributed by atoms with Gasteiger partial charge in [-0.2, -0.15) is 5.26 Å². The fraction of sp³-hybridized carbons (Fsp3) is 0.474. The van der Waals surface area contributed by atoms with Crippen LogP contribution in [0.1, 0.15) is 47.9 Å². The Morgan fingerprint density at radius 3 is 2.79 bits per heavy atom. The highest BCUT2D eigenvalue weighted by atomic mass is 32.1. The summed E-state index contributed by atoms with van der Waals surface area (Å²) in [6.45, 7) is 2.97. The molecule has 0 unspecified atom stereocenters. The van der Waals surface area contributed by atoms with Gasteiger partial charge in [-0.05, 0) is 45.1 Å². The molecule has 2 aromatic heterocycles. The summed E-state index contributed by atoms with van der Waals surface area (Å²) in [6, 6.07) is 2.21. The van der Waals surface area contributed by atoms with Crippen molar-refractivity contribution in [2.24, 2.45) is 0 Å². The molecule has 28 heavy (non-hydrogen) atoms. The van der Waals surface area contributed by atoms with Gasteiger partial charge in [0.1, 0.15) is 17.6 Å². The Kier molecular flexibility index (Phi) is 6.31. The number of hydrogen-bond donors (Lipinski definition) is 1. The van der Waals surface area contributed by atoms with Crippen molar-refractivity contribution in [2.45, 2.75) is 58.6 Å². The van der Waals surface area contributed by atoms with Gasteiger partial charge in [-0.3, -0.25) is 19.0 Å². The number of rotatable bonds is 5. The molecule has 7 nitrogen and oxygen atoms in total. The normalized spacial score (nSPS) is 14.5. The number of hydrogen-bond acceptors (Lipinski definition) is 7. The van der Waals surface area contributed by atoms with Crippen LogP contribution in [0.3, 0.4) is 0 Å². The van der Waals surface area contributed by atoms with Crippen LogP contribution in [0.15, 0.2) is 10.2 Å². The van der Waals surface area contributed by atoms with Gasteiger partial charge in [-0.15, -0.1) is 11.3 Å². The number of thiazole rings is 1. The van der Waals surface area contributed by atoms with Crippen LogP contribution in [0.5, 0.6) is 0 Å². The molecular formula is C19H21N3O4S2. The number of aryl methyl sites for hydroxylation is 2. The van der Waals surface area contributed by atoms with Gasteiger partial charge in [-0.25, -0.2) is 0 Å². The molecule has 0 bridgehead atoms. The molecule has 0 aromatic carbocycles. The number of ether oxygens (including phenoxy) is 1. The Bertz CT molecular complexity index is 996. The molecule has 9 heteroatoms. The number of amides is 1. The SMILES string of the molecule is Cc1csc(=O)n1CC(=O)O[C@@H](C)C(=O)Nc1sc2c(c1C#N)CCCCC2. The molecule has 2 aromatic rings. The number of thiophene rings is 1. The fourth-order valence-corrected chi connectivity index (χ4v) is 5.15. The van der Waals surface area contributed by atoms with E-state index < -0.39 is 18.0 Å². The van der Waals surface area contributed by atoms with E-state index >= 15 is 0 Å². The Hall–Kier alpha value is -2.44. The smallest absolute Gasteiger partial charge is 0.326 e. The predicted octanol–water partition coefficient (Wildman–Crippen LogP) is 2.99. The maximum Gasteiger partial charge on any atom is 0.326 e. The number of carbonyl (C=O) groups is 2.